The van der Waals surface area contributed by atoms with Crippen molar-refractivity contribution in [3.8, 4) is 0 Å². The highest BCUT2D eigenvalue weighted by Gasteiger charge is 2.12. The standard InChI is InChI=1S/C16H21N3O2/c1-3-19-11-10-17-15(16(19)20)18-12-14(21-4-2)13-8-6-5-7-9-13/h5-11,14H,3-4,12H2,1-2H3,(H,17,18). The quantitative estimate of drug-likeness (QED) is 0.850. The van der Waals surface area contributed by atoms with Crippen LogP contribution in [0.2, 0.25) is 0 Å². The summed E-state index contributed by atoms with van der Waals surface area (Å²) in [7, 11) is 0. The van der Waals surface area contributed by atoms with Gasteiger partial charge in [-0.25, -0.2) is 4.98 Å². The van der Waals surface area contributed by atoms with Gasteiger partial charge in [0.15, 0.2) is 5.82 Å². The van der Waals surface area contributed by atoms with Gasteiger partial charge in [0.2, 0.25) is 0 Å². The van der Waals surface area contributed by atoms with E-state index in [2.05, 4.69) is 10.3 Å². The van der Waals surface area contributed by atoms with Gasteiger partial charge in [-0.3, -0.25) is 4.79 Å². The van der Waals surface area contributed by atoms with E-state index in [1.54, 1.807) is 17.0 Å². The van der Waals surface area contributed by atoms with Crippen LogP contribution in [-0.4, -0.2) is 22.7 Å². The summed E-state index contributed by atoms with van der Waals surface area (Å²) in [5.41, 5.74) is 0.974. The molecular formula is C16H21N3O2. The molecule has 0 aliphatic rings. The van der Waals surface area contributed by atoms with E-state index in [0.717, 1.165) is 5.56 Å². The molecule has 1 heterocycles. The Hall–Kier alpha value is -2.14. The Bertz CT molecular complexity index is 610. The van der Waals surface area contributed by atoms with Crippen molar-refractivity contribution in [2.75, 3.05) is 18.5 Å². The second-order valence-electron chi connectivity index (χ2n) is 4.60. The monoisotopic (exact) mass is 287 g/mol. The van der Waals surface area contributed by atoms with Crippen molar-refractivity contribution in [1.29, 1.82) is 0 Å². The summed E-state index contributed by atoms with van der Waals surface area (Å²) in [4.78, 5) is 16.2. The maximum Gasteiger partial charge on any atom is 0.293 e. The number of nitrogens with one attached hydrogen (secondary N) is 1. The summed E-state index contributed by atoms with van der Waals surface area (Å²) in [6.07, 6.45) is 3.21. The average Bonchev–Trinajstić information content (AvgIpc) is 2.53. The molecule has 0 bridgehead atoms. The van der Waals surface area contributed by atoms with Gasteiger partial charge in [-0.15, -0.1) is 0 Å². The molecule has 0 aliphatic carbocycles. The number of hydrogen-bond acceptors (Lipinski definition) is 4. The Kier molecular flexibility index (Phi) is 5.51. The van der Waals surface area contributed by atoms with E-state index in [9.17, 15) is 4.79 Å². The van der Waals surface area contributed by atoms with Crippen LogP contribution in [0.4, 0.5) is 5.82 Å². The van der Waals surface area contributed by atoms with Crippen LogP contribution in [0.1, 0.15) is 25.5 Å². The third-order valence-electron chi connectivity index (χ3n) is 3.25. The fraction of sp³-hybridized carbons (Fsp3) is 0.375. The zero-order valence-electron chi connectivity index (χ0n) is 12.5. The molecule has 0 aliphatic heterocycles. The molecule has 1 unspecified atom stereocenters. The van der Waals surface area contributed by atoms with Gasteiger partial charge < -0.3 is 14.6 Å². The third kappa shape index (κ3) is 3.92. The lowest BCUT2D eigenvalue weighted by Crippen LogP contribution is -2.26. The van der Waals surface area contributed by atoms with E-state index in [1.165, 1.54) is 0 Å². The Morgan fingerprint density at radius 3 is 2.71 bits per heavy atom. The van der Waals surface area contributed by atoms with Gasteiger partial charge in [-0.1, -0.05) is 30.3 Å². The molecule has 2 aromatic rings. The van der Waals surface area contributed by atoms with Crippen molar-refractivity contribution in [2.45, 2.75) is 26.5 Å². The van der Waals surface area contributed by atoms with E-state index in [-0.39, 0.29) is 11.7 Å². The van der Waals surface area contributed by atoms with Gasteiger partial charge in [0, 0.05) is 32.1 Å². The van der Waals surface area contributed by atoms with Crippen molar-refractivity contribution in [1.82, 2.24) is 9.55 Å². The van der Waals surface area contributed by atoms with Crippen molar-refractivity contribution < 1.29 is 4.74 Å². The second kappa shape index (κ2) is 7.59. The largest absolute Gasteiger partial charge is 0.372 e. The van der Waals surface area contributed by atoms with Crippen LogP contribution in [0.15, 0.2) is 47.5 Å². The lowest BCUT2D eigenvalue weighted by molar-refractivity contribution is 0.0718. The summed E-state index contributed by atoms with van der Waals surface area (Å²) in [5.74, 6) is 0.361. The van der Waals surface area contributed by atoms with Gasteiger partial charge in [0.05, 0.1) is 6.10 Å². The normalized spacial score (nSPS) is 12.1. The summed E-state index contributed by atoms with van der Waals surface area (Å²) in [6.45, 7) is 5.64. The molecule has 5 heteroatoms. The van der Waals surface area contributed by atoms with Crippen LogP contribution in [0, 0.1) is 0 Å². The molecule has 1 N–H and O–H groups in total. The minimum atomic E-state index is -0.108. The molecule has 0 saturated carbocycles. The number of aryl methyl sites for hydroxylation is 1. The minimum Gasteiger partial charge on any atom is -0.372 e. The van der Waals surface area contributed by atoms with Crippen LogP contribution >= 0.6 is 0 Å². The highest BCUT2D eigenvalue weighted by molar-refractivity contribution is 5.32. The molecule has 0 fully saturated rings. The predicted octanol–water partition coefficient (Wildman–Crippen LogP) is 2.45. The maximum atomic E-state index is 12.1. The van der Waals surface area contributed by atoms with Crippen LogP contribution in [0.5, 0.6) is 0 Å². The fourth-order valence-corrected chi connectivity index (χ4v) is 2.15. The van der Waals surface area contributed by atoms with E-state index < -0.39 is 0 Å². The van der Waals surface area contributed by atoms with Gasteiger partial charge in [-0.2, -0.15) is 0 Å². The summed E-state index contributed by atoms with van der Waals surface area (Å²) >= 11 is 0. The van der Waals surface area contributed by atoms with Crippen molar-refractivity contribution in [2.24, 2.45) is 0 Å². The smallest absolute Gasteiger partial charge is 0.293 e. The SMILES string of the molecule is CCOC(CNc1nccn(CC)c1=O)c1ccccc1. The number of rotatable bonds is 7. The van der Waals surface area contributed by atoms with Crippen LogP contribution in [0.3, 0.4) is 0 Å². The number of benzene rings is 1. The predicted molar refractivity (Wildman–Crippen MR) is 83.5 cm³/mol. The Morgan fingerprint density at radius 1 is 1.29 bits per heavy atom. The zero-order valence-corrected chi connectivity index (χ0v) is 12.5. The van der Waals surface area contributed by atoms with Crippen molar-refractivity contribution in [3.05, 3.63) is 58.6 Å². The number of hydrogen-bond donors (Lipinski definition) is 1. The van der Waals surface area contributed by atoms with Crippen molar-refractivity contribution >= 4 is 5.82 Å². The van der Waals surface area contributed by atoms with E-state index in [0.29, 0.717) is 25.5 Å². The lowest BCUT2D eigenvalue weighted by Gasteiger charge is -2.18. The molecule has 2 rings (SSSR count). The number of ether oxygens (including phenoxy) is 1. The first-order chi connectivity index (χ1) is 10.3. The topological polar surface area (TPSA) is 56.1 Å². The zero-order chi connectivity index (χ0) is 15.1. The molecule has 0 radical (unpaired) electrons. The molecule has 0 spiro atoms. The minimum absolute atomic E-state index is 0.104. The summed E-state index contributed by atoms with van der Waals surface area (Å²) in [6, 6.07) is 9.96. The van der Waals surface area contributed by atoms with Crippen LogP contribution in [0.25, 0.3) is 0 Å². The molecule has 1 aromatic heterocycles. The highest BCUT2D eigenvalue weighted by Crippen LogP contribution is 2.17. The average molecular weight is 287 g/mol. The maximum absolute atomic E-state index is 12.1. The highest BCUT2D eigenvalue weighted by atomic mass is 16.5. The van der Waals surface area contributed by atoms with Gasteiger partial charge in [-0.05, 0) is 19.4 Å². The van der Waals surface area contributed by atoms with E-state index in [4.69, 9.17) is 4.74 Å². The molecule has 1 aromatic carbocycles. The third-order valence-corrected chi connectivity index (χ3v) is 3.25. The fourth-order valence-electron chi connectivity index (χ4n) is 2.15. The molecule has 0 amide bonds. The first kappa shape index (κ1) is 15.3. The van der Waals surface area contributed by atoms with Gasteiger partial charge >= 0.3 is 0 Å². The summed E-state index contributed by atoms with van der Waals surface area (Å²) in [5, 5.41) is 3.10. The summed E-state index contributed by atoms with van der Waals surface area (Å²) < 4.78 is 7.37. The first-order valence-corrected chi connectivity index (χ1v) is 7.22. The molecule has 0 saturated heterocycles. The Balaban J connectivity index is 2.11. The molecule has 1 atom stereocenters. The van der Waals surface area contributed by atoms with Gasteiger partial charge in [0.1, 0.15) is 0 Å². The number of nitrogens with zero attached hydrogens (tertiary/aromatic N) is 2. The van der Waals surface area contributed by atoms with Crippen LogP contribution in [-0.2, 0) is 11.3 Å². The van der Waals surface area contributed by atoms with E-state index >= 15 is 0 Å². The second-order valence-corrected chi connectivity index (χ2v) is 4.60. The molecule has 21 heavy (non-hydrogen) atoms. The Labute approximate surface area is 124 Å². The number of aromatic nitrogens is 2. The van der Waals surface area contributed by atoms with Crippen LogP contribution < -0.4 is 10.9 Å². The molecule has 112 valence electrons. The van der Waals surface area contributed by atoms with Crippen molar-refractivity contribution in [3.63, 3.8) is 0 Å². The Morgan fingerprint density at radius 2 is 2.05 bits per heavy atom. The van der Waals surface area contributed by atoms with Gasteiger partial charge in [0.25, 0.3) is 5.56 Å². The lowest BCUT2D eigenvalue weighted by atomic mass is 10.1. The number of anilines is 1. The van der Waals surface area contributed by atoms with E-state index in [1.807, 2.05) is 44.2 Å². The molecule has 5 nitrogen and oxygen atoms in total. The molecular weight excluding hydrogens is 266 g/mol. The first-order valence-electron chi connectivity index (χ1n) is 7.22.